The number of carbonyl (C=O) groups is 1. The molecule has 0 aliphatic rings. The smallest absolute Gasteiger partial charge is 0.258 e. The Labute approximate surface area is 160 Å². The van der Waals surface area contributed by atoms with Gasteiger partial charge < -0.3 is 10.1 Å². The summed E-state index contributed by atoms with van der Waals surface area (Å²) in [5.41, 5.74) is 2.23. The molecule has 0 saturated heterocycles. The number of ether oxygens (including phenoxy) is 1. The lowest BCUT2D eigenvalue weighted by Crippen LogP contribution is -2.13. The van der Waals surface area contributed by atoms with E-state index in [2.05, 4.69) is 20.3 Å². The van der Waals surface area contributed by atoms with Gasteiger partial charge in [-0.25, -0.2) is 9.37 Å². The molecule has 0 bridgehead atoms. The largest absolute Gasteiger partial charge is 0.473 e. The van der Waals surface area contributed by atoms with Crippen molar-refractivity contribution < 1.29 is 13.9 Å². The topological polar surface area (TPSA) is 77.0 Å². The van der Waals surface area contributed by atoms with Crippen LogP contribution in [0.2, 0.25) is 0 Å². The van der Waals surface area contributed by atoms with Crippen molar-refractivity contribution in [1.29, 1.82) is 0 Å². The lowest BCUT2D eigenvalue weighted by Gasteiger charge is -2.09. The van der Waals surface area contributed by atoms with E-state index in [-0.39, 0.29) is 5.56 Å². The normalized spacial score (nSPS) is 10.6. The molecule has 4 aromatic rings. The lowest BCUT2D eigenvalue weighted by atomic mass is 10.1. The molecule has 2 aromatic carbocycles. The first kappa shape index (κ1) is 17.5. The van der Waals surface area contributed by atoms with Gasteiger partial charge in [0.25, 0.3) is 5.91 Å². The summed E-state index contributed by atoms with van der Waals surface area (Å²) in [6.07, 6.45) is 4.43. The number of amides is 1. The van der Waals surface area contributed by atoms with E-state index in [0.717, 1.165) is 11.6 Å². The van der Waals surface area contributed by atoms with Crippen LogP contribution in [0.25, 0.3) is 11.0 Å². The average Bonchev–Trinajstić information content (AvgIpc) is 2.72. The molecule has 1 amide bonds. The summed E-state index contributed by atoms with van der Waals surface area (Å²) >= 11 is 0. The quantitative estimate of drug-likeness (QED) is 0.571. The Hall–Kier alpha value is -3.87. The molecule has 0 unspecified atom stereocenters. The number of fused-ring (bicyclic) bond motifs is 1. The third-order valence-electron chi connectivity index (χ3n) is 4.01. The van der Waals surface area contributed by atoms with Crippen molar-refractivity contribution in [2.75, 3.05) is 5.32 Å². The SMILES string of the molecule is O=C(Nc1ccnc(OCc2ccccc2)c1)c1cc(F)cc2nccnc12. The zero-order valence-electron chi connectivity index (χ0n) is 14.7. The molecule has 1 N–H and O–H groups in total. The summed E-state index contributed by atoms with van der Waals surface area (Å²) in [7, 11) is 0. The summed E-state index contributed by atoms with van der Waals surface area (Å²) in [5, 5.41) is 2.72. The second-order valence-electron chi connectivity index (χ2n) is 5.99. The Morgan fingerprint density at radius 2 is 1.79 bits per heavy atom. The first-order valence-corrected chi connectivity index (χ1v) is 8.53. The van der Waals surface area contributed by atoms with Gasteiger partial charge in [0.1, 0.15) is 17.9 Å². The predicted molar refractivity (Wildman–Crippen MR) is 102 cm³/mol. The van der Waals surface area contributed by atoms with Crippen molar-refractivity contribution in [2.45, 2.75) is 6.61 Å². The fourth-order valence-corrected chi connectivity index (χ4v) is 2.71. The number of benzene rings is 2. The molecule has 0 radical (unpaired) electrons. The first-order chi connectivity index (χ1) is 13.7. The molecule has 6 nitrogen and oxygen atoms in total. The van der Waals surface area contributed by atoms with E-state index in [9.17, 15) is 9.18 Å². The second kappa shape index (κ2) is 7.79. The van der Waals surface area contributed by atoms with E-state index < -0.39 is 11.7 Å². The van der Waals surface area contributed by atoms with Crippen LogP contribution in [0.4, 0.5) is 10.1 Å². The number of nitrogens with one attached hydrogen (secondary N) is 1. The van der Waals surface area contributed by atoms with Crippen LogP contribution in [0.1, 0.15) is 15.9 Å². The predicted octanol–water partition coefficient (Wildman–Crippen LogP) is 4.00. The number of rotatable bonds is 5. The Morgan fingerprint density at radius 1 is 0.964 bits per heavy atom. The second-order valence-corrected chi connectivity index (χ2v) is 5.99. The van der Waals surface area contributed by atoms with Crippen LogP contribution in [0.3, 0.4) is 0 Å². The van der Waals surface area contributed by atoms with Crippen molar-refractivity contribution in [3.63, 3.8) is 0 Å². The third-order valence-corrected chi connectivity index (χ3v) is 4.01. The minimum absolute atomic E-state index is 0.103. The fraction of sp³-hybridized carbons (Fsp3) is 0.0476. The van der Waals surface area contributed by atoms with Gasteiger partial charge in [0.05, 0.1) is 11.1 Å². The number of anilines is 1. The number of pyridine rings is 1. The molecule has 4 rings (SSSR count). The summed E-state index contributed by atoms with van der Waals surface area (Å²) in [4.78, 5) is 25.0. The minimum atomic E-state index is -0.556. The number of carbonyl (C=O) groups excluding carboxylic acids is 1. The fourth-order valence-electron chi connectivity index (χ4n) is 2.71. The lowest BCUT2D eigenvalue weighted by molar-refractivity contribution is 0.102. The molecule has 7 heteroatoms. The van der Waals surface area contributed by atoms with E-state index in [1.54, 1.807) is 12.1 Å². The molecule has 0 fully saturated rings. The molecule has 0 saturated carbocycles. The maximum atomic E-state index is 13.8. The Bertz CT molecular complexity index is 1140. The molecule has 2 aromatic heterocycles. The van der Waals surface area contributed by atoms with Crippen LogP contribution < -0.4 is 10.1 Å². The van der Waals surface area contributed by atoms with Crippen LogP contribution in [0, 0.1) is 5.82 Å². The highest BCUT2D eigenvalue weighted by Gasteiger charge is 2.14. The first-order valence-electron chi connectivity index (χ1n) is 8.53. The monoisotopic (exact) mass is 374 g/mol. The summed E-state index contributed by atoms with van der Waals surface area (Å²) in [5.74, 6) is -0.685. The van der Waals surface area contributed by atoms with Gasteiger partial charge in [0.2, 0.25) is 5.88 Å². The van der Waals surface area contributed by atoms with Gasteiger partial charge >= 0.3 is 0 Å². The van der Waals surface area contributed by atoms with Gasteiger partial charge in [-0.05, 0) is 17.7 Å². The third kappa shape index (κ3) is 3.93. The van der Waals surface area contributed by atoms with Crippen molar-refractivity contribution in [2.24, 2.45) is 0 Å². The highest BCUT2D eigenvalue weighted by molar-refractivity contribution is 6.11. The molecule has 138 valence electrons. The molecular weight excluding hydrogens is 359 g/mol. The summed E-state index contributed by atoms with van der Waals surface area (Å²) in [6, 6.07) is 15.3. The van der Waals surface area contributed by atoms with E-state index >= 15 is 0 Å². The zero-order chi connectivity index (χ0) is 19.3. The van der Waals surface area contributed by atoms with Gasteiger partial charge in [-0.2, -0.15) is 0 Å². The van der Waals surface area contributed by atoms with E-state index in [4.69, 9.17) is 4.74 Å². The van der Waals surface area contributed by atoms with Gasteiger partial charge in [0.15, 0.2) is 0 Å². The number of halogens is 1. The average molecular weight is 374 g/mol. The van der Waals surface area contributed by atoms with E-state index in [1.807, 2.05) is 30.3 Å². The summed E-state index contributed by atoms with van der Waals surface area (Å²) < 4.78 is 19.5. The number of aromatic nitrogens is 3. The molecule has 0 aliphatic heterocycles. The maximum absolute atomic E-state index is 13.8. The molecular formula is C21H15FN4O2. The van der Waals surface area contributed by atoms with Gasteiger partial charge in [-0.1, -0.05) is 30.3 Å². The van der Waals surface area contributed by atoms with Crippen molar-refractivity contribution >= 4 is 22.6 Å². The number of nitrogens with zero attached hydrogens (tertiary/aromatic N) is 3. The van der Waals surface area contributed by atoms with Crippen LogP contribution in [0.15, 0.2) is 73.2 Å². The molecule has 0 atom stereocenters. The van der Waals surface area contributed by atoms with Crippen LogP contribution in [-0.4, -0.2) is 20.9 Å². The van der Waals surface area contributed by atoms with Crippen LogP contribution in [0.5, 0.6) is 5.88 Å². The van der Waals surface area contributed by atoms with Gasteiger partial charge in [-0.3, -0.25) is 14.8 Å². The number of hydrogen-bond donors (Lipinski definition) is 1. The molecule has 28 heavy (non-hydrogen) atoms. The Morgan fingerprint density at radius 3 is 2.64 bits per heavy atom. The number of hydrogen-bond acceptors (Lipinski definition) is 5. The van der Waals surface area contributed by atoms with Gasteiger partial charge in [0, 0.05) is 36.4 Å². The van der Waals surface area contributed by atoms with Crippen molar-refractivity contribution in [3.05, 3.63) is 90.1 Å². The molecule has 0 spiro atoms. The highest BCUT2D eigenvalue weighted by Crippen LogP contribution is 2.20. The maximum Gasteiger partial charge on any atom is 0.258 e. The Kier molecular flexibility index (Phi) is 4.88. The molecule has 0 aliphatic carbocycles. The minimum Gasteiger partial charge on any atom is -0.473 e. The Balaban J connectivity index is 1.52. The van der Waals surface area contributed by atoms with Crippen LogP contribution >= 0.6 is 0 Å². The van der Waals surface area contributed by atoms with E-state index in [1.165, 1.54) is 24.7 Å². The van der Waals surface area contributed by atoms with E-state index in [0.29, 0.717) is 29.2 Å². The molecule has 2 heterocycles. The zero-order valence-corrected chi connectivity index (χ0v) is 14.7. The van der Waals surface area contributed by atoms with Crippen molar-refractivity contribution in [3.8, 4) is 5.88 Å². The highest BCUT2D eigenvalue weighted by atomic mass is 19.1. The standard InChI is InChI=1S/C21H15FN4O2/c22-15-10-17(20-18(11-15)23-8-9-25-20)21(27)26-16-6-7-24-19(12-16)28-13-14-4-2-1-3-5-14/h1-12H,13H2,(H,24,26,27). The van der Waals surface area contributed by atoms with Crippen LogP contribution in [-0.2, 0) is 6.61 Å². The van der Waals surface area contributed by atoms with Crippen molar-refractivity contribution in [1.82, 2.24) is 15.0 Å². The summed E-state index contributed by atoms with van der Waals surface area (Å²) in [6.45, 7) is 0.357. The van der Waals surface area contributed by atoms with Gasteiger partial charge in [-0.15, -0.1) is 0 Å².